The number of phenolic OH excluding ortho intramolecular Hbond substituents is 1. The molecule has 0 radical (unpaired) electrons. The molecule has 168 valence electrons. The molecule has 3 N–H and O–H groups in total. The van der Waals surface area contributed by atoms with Crippen LogP contribution >= 0.6 is 23.4 Å². The van der Waals surface area contributed by atoms with Crippen LogP contribution in [0, 0.1) is 0 Å². The molecule has 3 aromatic rings. The second kappa shape index (κ2) is 10.9. The molecule has 0 unspecified atom stereocenters. The number of phenols is 1. The van der Waals surface area contributed by atoms with Gasteiger partial charge >= 0.3 is 5.16 Å². The van der Waals surface area contributed by atoms with E-state index in [1.807, 2.05) is 35.8 Å². The van der Waals surface area contributed by atoms with Gasteiger partial charge in [0.2, 0.25) is 5.75 Å². The SMILES string of the molecule is CC[n+]1c(SCC(=O)NN=Cc2cc(OC)c(O)c(OC)c2)n[nH]c1-c1ccc(Cl)cc1. The lowest BCUT2D eigenvalue weighted by atomic mass is 10.2. The van der Waals surface area contributed by atoms with E-state index < -0.39 is 0 Å². The molecule has 1 amide bonds. The lowest BCUT2D eigenvalue weighted by molar-refractivity contribution is -0.719. The Balaban J connectivity index is 1.61. The number of carbonyl (C=O) groups is 1. The number of nitrogens with zero attached hydrogens (tertiary/aromatic N) is 3. The van der Waals surface area contributed by atoms with Crippen LogP contribution in [-0.4, -0.2) is 47.4 Å². The Kier molecular flexibility index (Phi) is 7.96. The van der Waals surface area contributed by atoms with Gasteiger partial charge in [0, 0.05) is 10.6 Å². The summed E-state index contributed by atoms with van der Waals surface area (Å²) in [6.07, 6.45) is 1.44. The van der Waals surface area contributed by atoms with Crippen molar-refractivity contribution in [1.82, 2.24) is 15.6 Å². The number of rotatable bonds is 9. The van der Waals surface area contributed by atoms with Crippen molar-refractivity contribution in [2.24, 2.45) is 5.10 Å². The second-order valence-corrected chi connectivity index (χ2v) is 7.84. The highest BCUT2D eigenvalue weighted by atomic mass is 35.5. The van der Waals surface area contributed by atoms with Gasteiger partial charge in [0.1, 0.15) is 0 Å². The van der Waals surface area contributed by atoms with Crippen molar-refractivity contribution < 1.29 is 23.9 Å². The van der Waals surface area contributed by atoms with Crippen LogP contribution in [0.2, 0.25) is 5.02 Å². The summed E-state index contributed by atoms with van der Waals surface area (Å²) >= 11 is 7.26. The topological polar surface area (TPSA) is 113 Å². The molecule has 9 nitrogen and oxygen atoms in total. The fraction of sp³-hybridized carbons (Fsp3) is 0.238. The van der Waals surface area contributed by atoms with Crippen LogP contribution in [0.3, 0.4) is 0 Å². The summed E-state index contributed by atoms with van der Waals surface area (Å²) < 4.78 is 12.2. The molecule has 0 spiro atoms. The van der Waals surface area contributed by atoms with E-state index in [1.54, 1.807) is 12.1 Å². The van der Waals surface area contributed by atoms with E-state index in [0.29, 0.717) is 22.3 Å². The fourth-order valence-electron chi connectivity index (χ4n) is 2.88. The fourth-order valence-corrected chi connectivity index (χ4v) is 3.82. The van der Waals surface area contributed by atoms with Crippen LogP contribution in [-0.2, 0) is 11.3 Å². The molecule has 0 fully saturated rings. The van der Waals surface area contributed by atoms with Crippen molar-refractivity contribution in [2.75, 3.05) is 20.0 Å². The summed E-state index contributed by atoms with van der Waals surface area (Å²) in [6, 6.07) is 10.6. The maximum atomic E-state index is 12.2. The number of nitrogens with one attached hydrogen (secondary N) is 2. The normalized spacial score (nSPS) is 11.0. The van der Waals surface area contributed by atoms with Gasteiger partial charge in [-0.15, -0.1) is 5.10 Å². The first-order chi connectivity index (χ1) is 15.5. The third-order valence-corrected chi connectivity index (χ3v) is 5.66. The first-order valence-electron chi connectivity index (χ1n) is 9.60. The summed E-state index contributed by atoms with van der Waals surface area (Å²) in [6.45, 7) is 2.69. The summed E-state index contributed by atoms with van der Waals surface area (Å²) in [5.41, 5.74) is 4.02. The number of aromatic hydroxyl groups is 1. The zero-order valence-electron chi connectivity index (χ0n) is 17.8. The molecule has 0 saturated heterocycles. The molecular formula is C21H23ClN5O4S+. The summed E-state index contributed by atoms with van der Waals surface area (Å²) in [4.78, 5) is 12.2. The molecule has 0 saturated carbocycles. The van der Waals surface area contributed by atoms with Gasteiger partial charge in [-0.1, -0.05) is 11.6 Å². The van der Waals surface area contributed by atoms with Crippen molar-refractivity contribution in [2.45, 2.75) is 18.6 Å². The molecule has 1 heterocycles. The number of aromatic nitrogens is 3. The summed E-state index contributed by atoms with van der Waals surface area (Å²) in [7, 11) is 2.87. The maximum absolute atomic E-state index is 12.2. The number of hydrogen-bond donors (Lipinski definition) is 3. The average molecular weight is 477 g/mol. The third kappa shape index (κ3) is 5.51. The van der Waals surface area contributed by atoms with E-state index in [1.165, 1.54) is 32.2 Å². The number of hydrogen-bond acceptors (Lipinski definition) is 7. The quantitative estimate of drug-likeness (QED) is 0.189. The number of methoxy groups -OCH3 is 2. The number of carbonyl (C=O) groups excluding carboxylic acids is 1. The standard InChI is InChI=1S/C21H22ClN5O4S/c1-4-27-20(14-5-7-15(22)8-6-14)25-26-21(27)32-12-18(28)24-23-11-13-9-16(30-2)19(29)17(10-13)31-3/h5-11H,4,12H2,1-3H3,(H2,23,24,28,29)/p+1. The Bertz CT molecular complexity index is 1090. The molecule has 0 aliphatic rings. The van der Waals surface area contributed by atoms with Crippen molar-refractivity contribution in [3.8, 4) is 28.6 Å². The van der Waals surface area contributed by atoms with Gasteiger partial charge in [-0.2, -0.15) is 5.10 Å². The van der Waals surface area contributed by atoms with Gasteiger partial charge < -0.3 is 14.6 Å². The van der Waals surface area contributed by atoms with Gasteiger partial charge in [-0.3, -0.25) is 4.79 Å². The second-order valence-electron chi connectivity index (χ2n) is 6.46. The van der Waals surface area contributed by atoms with E-state index in [-0.39, 0.29) is 28.9 Å². The van der Waals surface area contributed by atoms with Crippen LogP contribution < -0.4 is 19.5 Å². The summed E-state index contributed by atoms with van der Waals surface area (Å²) in [5, 5.41) is 22.6. The van der Waals surface area contributed by atoms with Crippen LogP contribution in [0.1, 0.15) is 12.5 Å². The molecule has 2 aromatic carbocycles. The number of H-pyrrole nitrogens is 1. The Morgan fingerprint density at radius 3 is 2.53 bits per heavy atom. The van der Waals surface area contributed by atoms with E-state index in [0.717, 1.165) is 11.4 Å². The van der Waals surface area contributed by atoms with Crippen LogP contribution in [0.4, 0.5) is 0 Å². The van der Waals surface area contributed by atoms with E-state index in [4.69, 9.17) is 21.1 Å². The first-order valence-corrected chi connectivity index (χ1v) is 11.0. The Labute approximate surface area is 194 Å². The molecule has 0 aliphatic heterocycles. The van der Waals surface area contributed by atoms with Crippen LogP contribution in [0.15, 0.2) is 46.7 Å². The number of aromatic amines is 1. The molecule has 11 heteroatoms. The largest absolute Gasteiger partial charge is 0.502 e. The lowest BCUT2D eigenvalue weighted by Gasteiger charge is -2.09. The minimum absolute atomic E-state index is 0.103. The van der Waals surface area contributed by atoms with Gasteiger partial charge in [0.05, 0.1) is 43.4 Å². The van der Waals surface area contributed by atoms with Crippen LogP contribution in [0.5, 0.6) is 17.2 Å². The van der Waals surface area contributed by atoms with Crippen molar-refractivity contribution in [1.29, 1.82) is 0 Å². The predicted molar refractivity (Wildman–Crippen MR) is 123 cm³/mol. The monoisotopic (exact) mass is 476 g/mol. The average Bonchev–Trinajstić information content (AvgIpc) is 3.22. The number of thioether (sulfide) groups is 1. The van der Waals surface area contributed by atoms with E-state index in [9.17, 15) is 9.90 Å². The molecule has 32 heavy (non-hydrogen) atoms. The lowest BCUT2D eigenvalue weighted by Crippen LogP contribution is -2.36. The number of hydrazone groups is 1. The smallest absolute Gasteiger partial charge is 0.337 e. The maximum Gasteiger partial charge on any atom is 0.337 e. The minimum atomic E-state index is -0.289. The summed E-state index contributed by atoms with van der Waals surface area (Å²) in [5.74, 6) is 1.06. The van der Waals surface area contributed by atoms with Crippen molar-refractivity contribution >= 4 is 35.5 Å². The minimum Gasteiger partial charge on any atom is -0.502 e. The van der Waals surface area contributed by atoms with Gasteiger partial charge in [-0.25, -0.2) is 9.99 Å². The van der Waals surface area contributed by atoms with E-state index >= 15 is 0 Å². The zero-order chi connectivity index (χ0) is 23.1. The Morgan fingerprint density at radius 1 is 1.28 bits per heavy atom. The van der Waals surface area contributed by atoms with Crippen molar-refractivity contribution in [3.05, 3.63) is 47.0 Å². The number of ether oxygens (including phenoxy) is 2. The number of benzene rings is 2. The highest BCUT2D eigenvalue weighted by Gasteiger charge is 2.21. The molecule has 0 atom stereocenters. The molecule has 1 aromatic heterocycles. The van der Waals surface area contributed by atoms with Gasteiger partial charge in [0.15, 0.2) is 11.5 Å². The molecule has 3 rings (SSSR count). The highest BCUT2D eigenvalue weighted by molar-refractivity contribution is 7.99. The first kappa shape index (κ1) is 23.4. The number of halogens is 1. The zero-order valence-corrected chi connectivity index (χ0v) is 19.3. The number of amides is 1. The molecular weight excluding hydrogens is 454 g/mol. The predicted octanol–water partition coefficient (Wildman–Crippen LogP) is 3.00. The molecule has 0 bridgehead atoms. The van der Waals surface area contributed by atoms with E-state index in [2.05, 4.69) is 20.7 Å². The third-order valence-electron chi connectivity index (χ3n) is 4.43. The molecule has 0 aliphatic carbocycles. The Morgan fingerprint density at radius 2 is 1.94 bits per heavy atom. The highest BCUT2D eigenvalue weighted by Crippen LogP contribution is 2.36. The van der Waals surface area contributed by atoms with Crippen LogP contribution in [0.25, 0.3) is 11.4 Å². The van der Waals surface area contributed by atoms with Gasteiger partial charge in [-0.05, 0) is 55.1 Å². The Hall–Kier alpha value is -3.24. The van der Waals surface area contributed by atoms with Crippen molar-refractivity contribution in [3.63, 3.8) is 0 Å². The van der Waals surface area contributed by atoms with Gasteiger partial charge in [0.25, 0.3) is 11.7 Å².